The molecule has 0 aromatic heterocycles. The number of nitrogens with zero attached hydrogens (tertiary/aromatic N) is 3. The number of nitrogens with one attached hydrogen (secondary N) is 2. The molecular formula is C21H27N5O2. The second kappa shape index (κ2) is 9.77. The van der Waals surface area contributed by atoms with Crippen molar-refractivity contribution in [2.45, 2.75) is 51.8 Å². The number of benzene rings is 1. The average Bonchev–Trinajstić information content (AvgIpc) is 2.67. The van der Waals surface area contributed by atoms with Crippen LogP contribution >= 0.6 is 0 Å². The number of hydrogen-bond acceptors (Lipinski definition) is 6. The standard InChI is InChI=1S/C21H27N5O2/c1-21(2,3)28-20(27)26-10-8-19(9-11-26)24-14-16-4-6-18(7-5-16)25-15-17(12-22)13-23/h4-7,15,19,24-25H,8-11,14H2,1-3H3. The Bertz CT molecular complexity index is 757. The number of carbonyl (C=O) groups excluding carboxylic acids is 1. The molecular weight excluding hydrogens is 354 g/mol. The van der Waals surface area contributed by atoms with E-state index in [0.29, 0.717) is 19.1 Å². The highest BCUT2D eigenvalue weighted by Gasteiger charge is 2.26. The van der Waals surface area contributed by atoms with Gasteiger partial charge >= 0.3 is 6.09 Å². The normalized spacial score (nSPS) is 14.5. The van der Waals surface area contributed by atoms with Crippen LogP contribution in [0.15, 0.2) is 36.0 Å². The van der Waals surface area contributed by atoms with Crippen LogP contribution in [0.25, 0.3) is 0 Å². The molecule has 1 aliphatic rings. The first kappa shape index (κ1) is 21.3. The lowest BCUT2D eigenvalue weighted by Gasteiger charge is -2.33. The van der Waals surface area contributed by atoms with Gasteiger partial charge in [-0.05, 0) is 51.3 Å². The summed E-state index contributed by atoms with van der Waals surface area (Å²) in [5.41, 5.74) is 1.53. The van der Waals surface area contributed by atoms with Crippen molar-refractivity contribution in [3.05, 3.63) is 41.6 Å². The van der Waals surface area contributed by atoms with Crippen LogP contribution in [0.4, 0.5) is 10.5 Å². The van der Waals surface area contributed by atoms with Crippen molar-refractivity contribution < 1.29 is 9.53 Å². The zero-order valence-electron chi connectivity index (χ0n) is 16.7. The van der Waals surface area contributed by atoms with Crippen molar-refractivity contribution >= 4 is 11.8 Å². The summed E-state index contributed by atoms with van der Waals surface area (Å²) in [5, 5.41) is 23.9. The number of piperidine rings is 1. The quantitative estimate of drug-likeness (QED) is 0.757. The zero-order valence-corrected chi connectivity index (χ0v) is 16.7. The largest absolute Gasteiger partial charge is 0.444 e. The molecule has 1 heterocycles. The minimum Gasteiger partial charge on any atom is -0.444 e. The Hall–Kier alpha value is -3.03. The fourth-order valence-electron chi connectivity index (χ4n) is 2.82. The van der Waals surface area contributed by atoms with E-state index in [4.69, 9.17) is 15.3 Å². The first-order chi connectivity index (χ1) is 13.3. The summed E-state index contributed by atoms with van der Waals surface area (Å²) >= 11 is 0. The van der Waals surface area contributed by atoms with E-state index in [9.17, 15) is 4.79 Å². The monoisotopic (exact) mass is 381 g/mol. The fraction of sp³-hybridized carbons (Fsp3) is 0.476. The van der Waals surface area contributed by atoms with E-state index >= 15 is 0 Å². The number of amides is 1. The van der Waals surface area contributed by atoms with Crippen molar-refractivity contribution in [1.29, 1.82) is 10.5 Å². The second-order valence-corrected chi connectivity index (χ2v) is 7.75. The Morgan fingerprint density at radius 1 is 1.21 bits per heavy atom. The van der Waals surface area contributed by atoms with Crippen molar-refractivity contribution in [3.63, 3.8) is 0 Å². The summed E-state index contributed by atoms with van der Waals surface area (Å²) in [7, 11) is 0. The van der Waals surface area contributed by atoms with Crippen LogP contribution in [-0.2, 0) is 11.3 Å². The van der Waals surface area contributed by atoms with E-state index in [2.05, 4.69) is 10.6 Å². The molecule has 7 heteroatoms. The van der Waals surface area contributed by atoms with Gasteiger partial charge in [0.25, 0.3) is 0 Å². The molecule has 2 N–H and O–H groups in total. The molecule has 7 nitrogen and oxygen atoms in total. The van der Waals surface area contributed by atoms with E-state index in [1.807, 2.05) is 45.0 Å². The number of allylic oxidation sites excluding steroid dienone is 1. The summed E-state index contributed by atoms with van der Waals surface area (Å²) in [6, 6.07) is 11.8. The minimum absolute atomic E-state index is 0.0310. The van der Waals surface area contributed by atoms with E-state index in [-0.39, 0.29) is 11.7 Å². The Labute approximate surface area is 166 Å². The van der Waals surface area contributed by atoms with E-state index in [1.165, 1.54) is 6.20 Å². The lowest BCUT2D eigenvalue weighted by atomic mass is 10.0. The third-order valence-corrected chi connectivity index (χ3v) is 4.32. The minimum atomic E-state index is -0.465. The number of likely N-dealkylation sites (tertiary alicyclic amines) is 1. The maximum atomic E-state index is 12.1. The Balaban J connectivity index is 1.75. The molecule has 148 valence electrons. The van der Waals surface area contributed by atoms with E-state index < -0.39 is 5.60 Å². The molecule has 0 radical (unpaired) electrons. The summed E-state index contributed by atoms with van der Waals surface area (Å²) in [6.07, 6.45) is 2.95. The number of nitriles is 2. The van der Waals surface area contributed by atoms with Gasteiger partial charge in [-0.1, -0.05) is 12.1 Å². The smallest absolute Gasteiger partial charge is 0.410 e. The van der Waals surface area contributed by atoms with Crippen LogP contribution in [0.5, 0.6) is 0 Å². The maximum absolute atomic E-state index is 12.1. The zero-order chi connectivity index (χ0) is 20.6. The number of rotatable bonds is 5. The highest BCUT2D eigenvalue weighted by atomic mass is 16.6. The SMILES string of the molecule is CC(C)(C)OC(=O)N1CCC(NCc2ccc(NC=C(C#N)C#N)cc2)CC1. The molecule has 1 saturated heterocycles. The average molecular weight is 381 g/mol. The van der Waals surface area contributed by atoms with Gasteiger partial charge in [0.2, 0.25) is 0 Å². The predicted molar refractivity (Wildman–Crippen MR) is 107 cm³/mol. The van der Waals surface area contributed by atoms with Crippen molar-refractivity contribution in [2.75, 3.05) is 18.4 Å². The van der Waals surface area contributed by atoms with Gasteiger partial charge in [-0.3, -0.25) is 0 Å². The third kappa shape index (κ3) is 6.94. The number of anilines is 1. The maximum Gasteiger partial charge on any atom is 0.410 e. The Morgan fingerprint density at radius 3 is 2.36 bits per heavy atom. The van der Waals surface area contributed by atoms with Gasteiger partial charge in [0, 0.05) is 37.6 Å². The van der Waals surface area contributed by atoms with Gasteiger partial charge in [0.1, 0.15) is 23.3 Å². The van der Waals surface area contributed by atoms with Crippen LogP contribution in [0.3, 0.4) is 0 Å². The van der Waals surface area contributed by atoms with Crippen LogP contribution in [0.2, 0.25) is 0 Å². The number of carbonyl (C=O) groups is 1. The molecule has 1 aromatic carbocycles. The first-order valence-corrected chi connectivity index (χ1v) is 9.38. The summed E-state index contributed by atoms with van der Waals surface area (Å²) in [5.74, 6) is 0. The molecule has 0 saturated carbocycles. The van der Waals surface area contributed by atoms with Crippen LogP contribution in [-0.4, -0.2) is 35.7 Å². The van der Waals surface area contributed by atoms with Crippen LogP contribution < -0.4 is 10.6 Å². The van der Waals surface area contributed by atoms with E-state index in [1.54, 1.807) is 17.0 Å². The molecule has 2 rings (SSSR count). The molecule has 28 heavy (non-hydrogen) atoms. The second-order valence-electron chi connectivity index (χ2n) is 7.75. The number of hydrogen-bond donors (Lipinski definition) is 2. The van der Waals surface area contributed by atoms with Gasteiger partial charge in [-0.2, -0.15) is 10.5 Å². The van der Waals surface area contributed by atoms with Crippen molar-refractivity contribution in [3.8, 4) is 12.1 Å². The fourth-order valence-corrected chi connectivity index (χ4v) is 2.82. The van der Waals surface area contributed by atoms with Gasteiger partial charge < -0.3 is 20.3 Å². The molecule has 0 unspecified atom stereocenters. The highest BCUT2D eigenvalue weighted by Crippen LogP contribution is 2.16. The lowest BCUT2D eigenvalue weighted by molar-refractivity contribution is 0.0198. The highest BCUT2D eigenvalue weighted by molar-refractivity contribution is 5.68. The van der Waals surface area contributed by atoms with E-state index in [0.717, 1.165) is 30.6 Å². The molecule has 0 spiro atoms. The molecule has 1 aromatic rings. The molecule has 1 fully saturated rings. The molecule has 1 aliphatic heterocycles. The molecule has 0 aliphatic carbocycles. The Morgan fingerprint density at radius 2 is 1.82 bits per heavy atom. The summed E-state index contributed by atoms with van der Waals surface area (Å²) in [6.45, 7) is 7.77. The van der Waals surface area contributed by atoms with Crippen LogP contribution in [0.1, 0.15) is 39.2 Å². The number of ether oxygens (including phenoxy) is 1. The van der Waals surface area contributed by atoms with Crippen molar-refractivity contribution in [2.24, 2.45) is 0 Å². The van der Waals surface area contributed by atoms with Gasteiger partial charge in [0.05, 0.1) is 0 Å². The van der Waals surface area contributed by atoms with Gasteiger partial charge in [0.15, 0.2) is 0 Å². The Kier molecular flexibility index (Phi) is 7.43. The molecule has 0 atom stereocenters. The van der Waals surface area contributed by atoms with Gasteiger partial charge in [-0.25, -0.2) is 4.79 Å². The van der Waals surface area contributed by atoms with Gasteiger partial charge in [-0.15, -0.1) is 0 Å². The van der Waals surface area contributed by atoms with Crippen LogP contribution in [0, 0.1) is 22.7 Å². The summed E-state index contributed by atoms with van der Waals surface area (Å²) < 4.78 is 5.42. The summed E-state index contributed by atoms with van der Waals surface area (Å²) in [4.78, 5) is 13.9. The lowest BCUT2D eigenvalue weighted by Crippen LogP contribution is -2.46. The topological polar surface area (TPSA) is 101 Å². The predicted octanol–water partition coefficient (Wildman–Crippen LogP) is 3.52. The third-order valence-electron chi connectivity index (χ3n) is 4.32. The van der Waals surface area contributed by atoms with Crippen molar-refractivity contribution in [1.82, 2.24) is 10.2 Å². The molecule has 0 bridgehead atoms. The molecule has 1 amide bonds. The first-order valence-electron chi connectivity index (χ1n) is 9.38.